The second-order valence-corrected chi connectivity index (χ2v) is 3.29. The first kappa shape index (κ1) is 9.36. The maximum Gasteiger partial charge on any atom is 0.220 e. The minimum absolute atomic E-state index is 0.343. The van der Waals surface area contributed by atoms with E-state index in [-0.39, 0.29) is 0 Å². The Morgan fingerprint density at radius 1 is 1.43 bits per heavy atom. The second kappa shape index (κ2) is 4.34. The van der Waals surface area contributed by atoms with Gasteiger partial charge in [0, 0.05) is 25.8 Å². The fraction of sp³-hybridized carbons (Fsp3) is 0.556. The average molecular weight is 194 g/mol. The molecule has 0 radical (unpaired) electrons. The smallest absolute Gasteiger partial charge is 0.220 e. The van der Waals surface area contributed by atoms with Crippen molar-refractivity contribution in [3.05, 3.63) is 18.0 Å². The van der Waals surface area contributed by atoms with Crippen LogP contribution in [0.4, 0.5) is 5.95 Å². The van der Waals surface area contributed by atoms with E-state index in [1.54, 1.807) is 6.20 Å². The Hall–Kier alpha value is -1.20. The average Bonchev–Trinajstić information content (AvgIpc) is 2.19. The van der Waals surface area contributed by atoms with E-state index in [2.05, 4.69) is 14.9 Å². The molecule has 0 bridgehead atoms. The van der Waals surface area contributed by atoms with E-state index in [4.69, 9.17) is 10.5 Å². The van der Waals surface area contributed by atoms with Gasteiger partial charge in [0.15, 0.2) is 0 Å². The summed E-state index contributed by atoms with van der Waals surface area (Å²) in [6.07, 6.45) is 1.69. The molecule has 2 rings (SSSR count). The quantitative estimate of drug-likeness (QED) is 0.711. The second-order valence-electron chi connectivity index (χ2n) is 3.29. The minimum atomic E-state index is 0.343. The summed E-state index contributed by atoms with van der Waals surface area (Å²) >= 11 is 0. The van der Waals surface area contributed by atoms with Crippen molar-refractivity contribution in [1.29, 1.82) is 0 Å². The molecule has 2 N–H and O–H groups in total. The number of rotatable bonds is 2. The molecule has 2 heterocycles. The minimum Gasteiger partial charge on any atom is -0.379 e. The van der Waals surface area contributed by atoms with Crippen LogP contribution in [0.2, 0.25) is 0 Å². The summed E-state index contributed by atoms with van der Waals surface area (Å²) in [7, 11) is 0. The molecule has 1 aromatic rings. The highest BCUT2D eigenvalue weighted by molar-refractivity contribution is 5.17. The summed E-state index contributed by atoms with van der Waals surface area (Å²) in [5.41, 5.74) is 6.47. The first-order valence-corrected chi connectivity index (χ1v) is 4.72. The number of morpholine rings is 1. The summed E-state index contributed by atoms with van der Waals surface area (Å²) < 4.78 is 5.26. The highest BCUT2D eigenvalue weighted by Gasteiger charge is 2.11. The monoisotopic (exact) mass is 194 g/mol. The lowest BCUT2D eigenvalue weighted by molar-refractivity contribution is 0.0336. The van der Waals surface area contributed by atoms with Crippen LogP contribution in [0.1, 0.15) is 5.69 Å². The molecule has 1 aliphatic heterocycles. The van der Waals surface area contributed by atoms with E-state index in [0.29, 0.717) is 5.95 Å². The Kier molecular flexibility index (Phi) is 2.90. The van der Waals surface area contributed by atoms with Crippen molar-refractivity contribution in [1.82, 2.24) is 14.9 Å². The molecule has 0 aromatic carbocycles. The Labute approximate surface area is 82.9 Å². The Morgan fingerprint density at radius 2 is 2.21 bits per heavy atom. The zero-order chi connectivity index (χ0) is 9.80. The molecule has 0 unspecified atom stereocenters. The number of aromatic nitrogens is 2. The fourth-order valence-electron chi connectivity index (χ4n) is 1.49. The van der Waals surface area contributed by atoms with Gasteiger partial charge in [0.25, 0.3) is 0 Å². The number of anilines is 1. The van der Waals surface area contributed by atoms with E-state index < -0.39 is 0 Å². The van der Waals surface area contributed by atoms with Gasteiger partial charge in [-0.25, -0.2) is 9.97 Å². The van der Waals surface area contributed by atoms with Gasteiger partial charge in [-0.15, -0.1) is 0 Å². The van der Waals surface area contributed by atoms with Gasteiger partial charge >= 0.3 is 0 Å². The van der Waals surface area contributed by atoms with Crippen molar-refractivity contribution in [2.24, 2.45) is 0 Å². The van der Waals surface area contributed by atoms with Gasteiger partial charge in [0.05, 0.1) is 18.9 Å². The number of nitrogen functional groups attached to an aromatic ring is 1. The lowest BCUT2D eigenvalue weighted by Gasteiger charge is -2.25. The summed E-state index contributed by atoms with van der Waals surface area (Å²) in [5.74, 6) is 0.343. The molecular weight excluding hydrogens is 180 g/mol. The molecule has 1 aromatic heterocycles. The van der Waals surface area contributed by atoms with Crippen molar-refractivity contribution in [3.8, 4) is 0 Å². The molecule has 0 amide bonds. The molecular formula is C9H14N4O. The molecule has 14 heavy (non-hydrogen) atoms. The van der Waals surface area contributed by atoms with Gasteiger partial charge < -0.3 is 10.5 Å². The van der Waals surface area contributed by atoms with Crippen LogP contribution in [-0.4, -0.2) is 41.2 Å². The summed E-state index contributed by atoms with van der Waals surface area (Å²) in [6.45, 7) is 4.37. The summed E-state index contributed by atoms with van der Waals surface area (Å²) in [5, 5.41) is 0. The zero-order valence-corrected chi connectivity index (χ0v) is 8.02. The number of nitrogens with zero attached hydrogens (tertiary/aromatic N) is 3. The highest BCUT2D eigenvalue weighted by Crippen LogP contribution is 2.04. The van der Waals surface area contributed by atoms with Crippen LogP contribution < -0.4 is 5.73 Å². The topological polar surface area (TPSA) is 64.3 Å². The maximum absolute atomic E-state index is 5.50. The predicted molar refractivity (Wildman–Crippen MR) is 52.5 cm³/mol. The lowest BCUT2D eigenvalue weighted by atomic mass is 10.3. The zero-order valence-electron chi connectivity index (χ0n) is 8.02. The van der Waals surface area contributed by atoms with E-state index in [0.717, 1.165) is 38.5 Å². The van der Waals surface area contributed by atoms with Gasteiger partial charge in [-0.3, -0.25) is 4.90 Å². The standard InChI is InChI=1S/C9H14N4O/c10-9-11-2-1-8(12-9)7-13-3-5-14-6-4-13/h1-2H,3-7H2,(H2,10,11,12). The Balaban J connectivity index is 1.95. The van der Waals surface area contributed by atoms with Crippen molar-refractivity contribution >= 4 is 5.95 Å². The first-order chi connectivity index (χ1) is 6.84. The van der Waals surface area contributed by atoms with Gasteiger partial charge in [0.2, 0.25) is 5.95 Å². The van der Waals surface area contributed by atoms with Gasteiger partial charge in [-0.05, 0) is 6.07 Å². The van der Waals surface area contributed by atoms with E-state index in [1.807, 2.05) is 6.07 Å². The van der Waals surface area contributed by atoms with E-state index >= 15 is 0 Å². The third kappa shape index (κ3) is 2.40. The molecule has 1 saturated heterocycles. The van der Waals surface area contributed by atoms with Crippen LogP contribution in [-0.2, 0) is 11.3 Å². The van der Waals surface area contributed by atoms with E-state index in [1.165, 1.54) is 0 Å². The predicted octanol–water partition coefficient (Wildman–Crippen LogP) is -0.109. The van der Waals surface area contributed by atoms with Crippen molar-refractivity contribution < 1.29 is 4.74 Å². The van der Waals surface area contributed by atoms with Crippen LogP contribution in [0.5, 0.6) is 0 Å². The normalized spacial score (nSPS) is 18.3. The number of hydrogen-bond acceptors (Lipinski definition) is 5. The molecule has 5 heteroatoms. The number of ether oxygens (including phenoxy) is 1. The maximum atomic E-state index is 5.50. The largest absolute Gasteiger partial charge is 0.379 e. The Bertz CT molecular complexity index is 299. The molecule has 0 saturated carbocycles. The molecule has 76 valence electrons. The molecule has 0 aliphatic carbocycles. The lowest BCUT2D eigenvalue weighted by Crippen LogP contribution is -2.35. The van der Waals surface area contributed by atoms with Gasteiger partial charge in [0.1, 0.15) is 0 Å². The van der Waals surface area contributed by atoms with E-state index in [9.17, 15) is 0 Å². The summed E-state index contributed by atoms with van der Waals surface area (Å²) in [4.78, 5) is 10.3. The van der Waals surface area contributed by atoms with Gasteiger partial charge in [-0.1, -0.05) is 0 Å². The number of nitrogens with two attached hydrogens (primary N) is 1. The molecule has 0 atom stereocenters. The van der Waals surface area contributed by atoms with Crippen LogP contribution in [0.25, 0.3) is 0 Å². The SMILES string of the molecule is Nc1nccc(CN2CCOCC2)n1. The third-order valence-corrected chi connectivity index (χ3v) is 2.22. The molecule has 5 nitrogen and oxygen atoms in total. The van der Waals surface area contributed by atoms with Crippen molar-refractivity contribution in [2.45, 2.75) is 6.54 Å². The van der Waals surface area contributed by atoms with Crippen LogP contribution in [0.3, 0.4) is 0 Å². The molecule has 1 aliphatic rings. The van der Waals surface area contributed by atoms with Gasteiger partial charge in [-0.2, -0.15) is 0 Å². The van der Waals surface area contributed by atoms with Crippen LogP contribution >= 0.6 is 0 Å². The highest BCUT2D eigenvalue weighted by atomic mass is 16.5. The molecule has 0 spiro atoms. The Morgan fingerprint density at radius 3 is 2.93 bits per heavy atom. The van der Waals surface area contributed by atoms with Crippen LogP contribution in [0.15, 0.2) is 12.3 Å². The van der Waals surface area contributed by atoms with Crippen molar-refractivity contribution in [2.75, 3.05) is 32.0 Å². The summed E-state index contributed by atoms with van der Waals surface area (Å²) in [6, 6.07) is 1.89. The molecule has 1 fully saturated rings. The van der Waals surface area contributed by atoms with Crippen molar-refractivity contribution in [3.63, 3.8) is 0 Å². The first-order valence-electron chi connectivity index (χ1n) is 4.72. The number of hydrogen-bond donors (Lipinski definition) is 1. The van der Waals surface area contributed by atoms with Crippen LogP contribution in [0, 0.1) is 0 Å². The third-order valence-electron chi connectivity index (χ3n) is 2.22. The fourth-order valence-corrected chi connectivity index (χ4v) is 1.49.